The number of phenolic OH excluding ortho intramolecular Hbond substituents is 2. The van der Waals surface area contributed by atoms with Gasteiger partial charge in [0, 0.05) is 107 Å². The van der Waals surface area contributed by atoms with E-state index in [4.69, 9.17) is 31.7 Å². The Labute approximate surface area is 268 Å². The van der Waals surface area contributed by atoms with Crippen LogP contribution in [0.25, 0.3) is 10.8 Å². The van der Waals surface area contributed by atoms with Gasteiger partial charge in [0.1, 0.15) is 0 Å². The van der Waals surface area contributed by atoms with Crippen LogP contribution in [0.1, 0.15) is 10.4 Å². The van der Waals surface area contributed by atoms with E-state index in [1.165, 1.54) is 6.07 Å². The number of benzene rings is 3. The number of nitrogens with one attached hydrogen (secondary N) is 3. The molecule has 0 spiro atoms. The van der Waals surface area contributed by atoms with Gasteiger partial charge in [-0.3, -0.25) is 23.0 Å². The van der Waals surface area contributed by atoms with E-state index in [0.29, 0.717) is 42.0 Å². The van der Waals surface area contributed by atoms with Crippen molar-refractivity contribution < 1.29 is 46.7 Å². The summed E-state index contributed by atoms with van der Waals surface area (Å²) in [6.07, 6.45) is 0. The van der Waals surface area contributed by atoms with Crippen molar-refractivity contribution in [3.05, 3.63) is 60.2 Å². The van der Waals surface area contributed by atoms with E-state index < -0.39 is 22.7 Å². The van der Waals surface area contributed by atoms with Crippen LogP contribution in [0.5, 0.6) is 11.5 Å². The third-order valence-corrected chi connectivity index (χ3v) is 4.28. The molecule has 200 valence electrons. The van der Waals surface area contributed by atoms with Gasteiger partial charge >= 0.3 is 0 Å². The average molecular weight is 592 g/mol. The molecule has 3 aromatic rings. The standard InChI is InChI=1S/C21H23N3O4.2Na.2H2O3S/c25-11-10-22-8-9-23-21(28)14-4-3-5-15(12-14)24-18-13-19(26)20(27)17-7-2-1-6-16(17)18;;;2*1-4(2)3/h1-7,12-13,22,24-27H,8-11H2,(H,23,28);;;2*(H2,1,2,3). The summed E-state index contributed by atoms with van der Waals surface area (Å²) in [5.41, 5.74) is 1.80. The fraction of sp³-hybridized carbons (Fsp3) is 0.190. The third-order valence-electron chi connectivity index (χ3n) is 4.28. The fourth-order valence-electron chi connectivity index (χ4n) is 2.91. The number of hydrogen-bond acceptors (Lipinski definition) is 8. The van der Waals surface area contributed by atoms with E-state index in [9.17, 15) is 15.0 Å². The van der Waals surface area contributed by atoms with Gasteiger partial charge in [0.05, 0.1) is 12.3 Å². The first-order chi connectivity index (χ1) is 17.1. The van der Waals surface area contributed by atoms with E-state index >= 15 is 0 Å². The van der Waals surface area contributed by atoms with Gasteiger partial charge in [0.2, 0.25) is 0 Å². The van der Waals surface area contributed by atoms with Crippen molar-refractivity contribution in [3.63, 3.8) is 0 Å². The van der Waals surface area contributed by atoms with Crippen molar-refractivity contribution in [1.29, 1.82) is 0 Å². The second-order valence-electron chi connectivity index (χ2n) is 6.73. The number of rotatable bonds is 8. The summed E-state index contributed by atoms with van der Waals surface area (Å²) in [6, 6.07) is 15.7. The van der Waals surface area contributed by atoms with Crippen molar-refractivity contribution in [1.82, 2.24) is 10.6 Å². The molecule has 0 heterocycles. The minimum Gasteiger partial charge on any atom is -0.504 e. The first-order valence-electron chi connectivity index (χ1n) is 10.1. The number of amides is 1. The molecule has 17 heteroatoms. The van der Waals surface area contributed by atoms with Crippen molar-refractivity contribution in [2.45, 2.75) is 0 Å². The topological polar surface area (TPSA) is 229 Å². The molecule has 0 fully saturated rings. The molecule has 0 unspecified atom stereocenters. The maximum Gasteiger partial charge on any atom is 0.299 e. The summed E-state index contributed by atoms with van der Waals surface area (Å²) in [5, 5.41) is 39.1. The molecular formula is C21H27N3Na2O10S2. The predicted octanol–water partition coefficient (Wildman–Crippen LogP) is 0.907. The van der Waals surface area contributed by atoms with Crippen LogP contribution in [0, 0.1) is 0 Å². The quantitative estimate of drug-likeness (QED) is 0.0579. The van der Waals surface area contributed by atoms with E-state index in [1.807, 2.05) is 18.2 Å². The molecule has 10 N–H and O–H groups in total. The number of hydrogen-bond donors (Lipinski definition) is 10. The van der Waals surface area contributed by atoms with E-state index in [0.717, 1.165) is 5.39 Å². The number of anilines is 2. The Hall–Kier alpha value is -1.15. The number of aliphatic hydroxyl groups is 1. The summed E-state index contributed by atoms with van der Waals surface area (Å²) in [5.74, 6) is -0.581. The summed E-state index contributed by atoms with van der Waals surface area (Å²) < 4.78 is 45.7. The zero-order chi connectivity index (χ0) is 27.1. The van der Waals surface area contributed by atoms with Crippen LogP contribution < -0.4 is 16.0 Å². The number of carbonyl (C=O) groups excluding carboxylic acids is 1. The van der Waals surface area contributed by atoms with Gasteiger partial charge in [-0.2, -0.15) is 8.42 Å². The Morgan fingerprint density at radius 2 is 1.37 bits per heavy atom. The smallest absolute Gasteiger partial charge is 0.299 e. The van der Waals surface area contributed by atoms with Gasteiger partial charge in [-0.15, -0.1) is 0 Å². The van der Waals surface area contributed by atoms with Gasteiger partial charge in [0.15, 0.2) is 11.5 Å². The van der Waals surface area contributed by atoms with Crippen LogP contribution >= 0.6 is 0 Å². The molecule has 0 saturated carbocycles. The Bertz CT molecular complexity index is 1170. The molecule has 0 bridgehead atoms. The average Bonchev–Trinajstić information content (AvgIpc) is 2.81. The largest absolute Gasteiger partial charge is 0.504 e. The molecule has 13 nitrogen and oxygen atoms in total. The van der Waals surface area contributed by atoms with Gasteiger partial charge in [-0.25, -0.2) is 0 Å². The maximum absolute atomic E-state index is 12.3. The molecule has 0 aliphatic heterocycles. The molecule has 0 aromatic heterocycles. The van der Waals surface area contributed by atoms with Crippen LogP contribution in [0.4, 0.5) is 11.4 Å². The number of aliphatic hydroxyl groups excluding tert-OH is 1. The normalized spacial score (nSPS) is 9.76. The van der Waals surface area contributed by atoms with Gasteiger partial charge in [-0.05, 0) is 18.2 Å². The van der Waals surface area contributed by atoms with Gasteiger partial charge in [0.25, 0.3) is 28.6 Å². The SMILES string of the molecule is O=C(NCCNCCO)c1cccc(Nc2cc(O)c(O)c3ccccc23)c1.O=S(O)O.O=S(O)O.[Na].[Na]. The van der Waals surface area contributed by atoms with Crippen molar-refractivity contribution >= 4 is 110 Å². The molecule has 2 radical (unpaired) electrons. The Morgan fingerprint density at radius 3 is 1.95 bits per heavy atom. The molecule has 38 heavy (non-hydrogen) atoms. The van der Waals surface area contributed by atoms with Crippen molar-refractivity contribution in [2.24, 2.45) is 0 Å². The van der Waals surface area contributed by atoms with Crippen LogP contribution in [0.2, 0.25) is 0 Å². The minimum atomic E-state index is -2.61. The van der Waals surface area contributed by atoms with Gasteiger partial charge < -0.3 is 31.3 Å². The molecule has 3 aromatic carbocycles. The molecular weight excluding hydrogens is 564 g/mol. The summed E-state index contributed by atoms with van der Waals surface area (Å²) >= 11 is -5.22. The van der Waals surface area contributed by atoms with Crippen LogP contribution in [0.15, 0.2) is 54.6 Å². The second kappa shape index (κ2) is 21.6. The Kier molecular flexibility index (Phi) is 22.2. The fourth-order valence-corrected chi connectivity index (χ4v) is 2.91. The molecule has 0 aliphatic carbocycles. The van der Waals surface area contributed by atoms with Crippen LogP contribution in [-0.2, 0) is 22.7 Å². The first kappa shape index (κ1) is 39.0. The number of carbonyl (C=O) groups is 1. The summed E-state index contributed by atoms with van der Waals surface area (Å²) in [7, 11) is 0. The Balaban J connectivity index is 0. The van der Waals surface area contributed by atoms with Crippen molar-refractivity contribution in [2.75, 3.05) is 31.6 Å². The van der Waals surface area contributed by atoms with Crippen LogP contribution in [0.3, 0.4) is 0 Å². The van der Waals surface area contributed by atoms with Gasteiger partial charge in [-0.1, -0.05) is 30.3 Å². The number of fused-ring (bicyclic) bond motifs is 1. The molecule has 3 rings (SSSR count). The zero-order valence-electron chi connectivity index (χ0n) is 20.7. The zero-order valence-corrected chi connectivity index (χ0v) is 26.3. The summed E-state index contributed by atoms with van der Waals surface area (Å²) in [6.45, 7) is 1.57. The molecule has 0 aliphatic rings. The first-order valence-corrected chi connectivity index (χ1v) is 12.2. The minimum absolute atomic E-state index is 0. The molecule has 0 atom stereocenters. The van der Waals surface area contributed by atoms with E-state index in [1.54, 1.807) is 30.3 Å². The summed E-state index contributed by atoms with van der Waals surface area (Å²) in [4.78, 5) is 12.3. The second-order valence-corrected chi connectivity index (χ2v) is 7.66. The maximum atomic E-state index is 12.3. The number of aromatic hydroxyl groups is 2. The predicted molar refractivity (Wildman–Crippen MR) is 148 cm³/mol. The molecule has 1 amide bonds. The third kappa shape index (κ3) is 15.4. The van der Waals surface area contributed by atoms with E-state index in [-0.39, 0.29) is 83.1 Å². The van der Waals surface area contributed by atoms with Crippen molar-refractivity contribution in [3.8, 4) is 11.5 Å². The van der Waals surface area contributed by atoms with E-state index in [2.05, 4.69) is 16.0 Å². The van der Waals surface area contributed by atoms with Crippen LogP contribution in [-0.4, -0.2) is 133 Å². The monoisotopic (exact) mass is 591 g/mol. The molecule has 0 saturated heterocycles. The number of phenols is 2. The Morgan fingerprint density at radius 1 is 0.789 bits per heavy atom.